The molecular weight excluding hydrogens is 304 g/mol. The molecule has 7 heteroatoms. The molecule has 1 fully saturated rings. The van der Waals surface area contributed by atoms with Crippen molar-refractivity contribution < 1.29 is 9.90 Å². The number of rotatable bonds is 5. The molecular formula is C15H23ClN4O2. The molecule has 0 radical (unpaired) electrons. The van der Waals surface area contributed by atoms with Gasteiger partial charge in [-0.1, -0.05) is 11.6 Å². The van der Waals surface area contributed by atoms with Crippen molar-refractivity contribution in [3.05, 3.63) is 16.9 Å². The fourth-order valence-electron chi connectivity index (χ4n) is 2.52. The first kappa shape index (κ1) is 17.0. The second-order valence-electron chi connectivity index (χ2n) is 6.19. The lowest BCUT2D eigenvalue weighted by molar-refractivity contribution is 0.0311. The highest BCUT2D eigenvalue weighted by atomic mass is 35.5. The van der Waals surface area contributed by atoms with E-state index in [2.05, 4.69) is 14.9 Å². The molecule has 1 N–H and O–H groups in total. The Morgan fingerprint density at radius 2 is 2.09 bits per heavy atom. The molecule has 1 amide bonds. The number of likely N-dealkylation sites (N-methyl/N-ethyl adjacent to an activating group) is 1. The number of anilines is 1. The smallest absolute Gasteiger partial charge is 0.274 e. The molecule has 1 aliphatic heterocycles. The zero-order valence-electron chi connectivity index (χ0n) is 13.3. The van der Waals surface area contributed by atoms with Gasteiger partial charge >= 0.3 is 0 Å². The van der Waals surface area contributed by atoms with E-state index < -0.39 is 5.60 Å². The highest BCUT2D eigenvalue weighted by Gasteiger charge is 2.26. The minimum Gasteiger partial charge on any atom is -0.389 e. The number of hydrogen-bond acceptors (Lipinski definition) is 5. The van der Waals surface area contributed by atoms with E-state index in [9.17, 15) is 9.90 Å². The van der Waals surface area contributed by atoms with Gasteiger partial charge in [0.25, 0.3) is 5.91 Å². The third-order valence-electron chi connectivity index (χ3n) is 3.57. The van der Waals surface area contributed by atoms with Gasteiger partial charge in [0.2, 0.25) is 5.95 Å². The van der Waals surface area contributed by atoms with Crippen molar-refractivity contribution in [3.8, 4) is 0 Å². The molecule has 1 aromatic rings. The Labute approximate surface area is 136 Å². The third-order valence-corrected chi connectivity index (χ3v) is 3.85. The molecule has 0 aliphatic carbocycles. The topological polar surface area (TPSA) is 69.6 Å². The van der Waals surface area contributed by atoms with Crippen LogP contribution in [0.25, 0.3) is 0 Å². The number of carbonyl (C=O) groups excluding carboxylic acids is 1. The van der Waals surface area contributed by atoms with E-state index >= 15 is 0 Å². The third kappa shape index (κ3) is 4.08. The molecule has 6 nitrogen and oxygen atoms in total. The molecule has 22 heavy (non-hydrogen) atoms. The lowest BCUT2D eigenvalue weighted by Crippen LogP contribution is -2.42. The predicted molar refractivity (Wildman–Crippen MR) is 86.4 cm³/mol. The summed E-state index contributed by atoms with van der Waals surface area (Å²) >= 11 is 6.12. The van der Waals surface area contributed by atoms with Crippen LogP contribution in [0.5, 0.6) is 0 Å². The van der Waals surface area contributed by atoms with Crippen LogP contribution in [0, 0.1) is 0 Å². The maximum Gasteiger partial charge on any atom is 0.274 e. The van der Waals surface area contributed by atoms with E-state index in [4.69, 9.17) is 11.6 Å². The first-order valence-corrected chi connectivity index (χ1v) is 7.99. The number of hydrogen-bond donors (Lipinski definition) is 1. The van der Waals surface area contributed by atoms with Crippen LogP contribution in [-0.2, 0) is 0 Å². The average Bonchev–Trinajstić information content (AvgIpc) is 2.98. The van der Waals surface area contributed by atoms with Gasteiger partial charge in [0, 0.05) is 26.2 Å². The Bertz CT molecular complexity index is 539. The van der Waals surface area contributed by atoms with Crippen molar-refractivity contribution in [1.82, 2.24) is 14.9 Å². The zero-order valence-corrected chi connectivity index (χ0v) is 14.1. The van der Waals surface area contributed by atoms with Crippen LogP contribution in [0.1, 0.15) is 44.1 Å². The van der Waals surface area contributed by atoms with Crippen LogP contribution in [0.15, 0.2) is 6.20 Å². The first-order chi connectivity index (χ1) is 10.3. The van der Waals surface area contributed by atoms with Crippen LogP contribution in [0.4, 0.5) is 5.95 Å². The maximum absolute atomic E-state index is 12.7. The zero-order chi connectivity index (χ0) is 16.3. The monoisotopic (exact) mass is 326 g/mol. The lowest BCUT2D eigenvalue weighted by Gasteiger charge is -2.28. The van der Waals surface area contributed by atoms with Gasteiger partial charge in [0.05, 0.1) is 16.8 Å². The van der Waals surface area contributed by atoms with E-state index in [0.717, 1.165) is 25.9 Å². The van der Waals surface area contributed by atoms with Gasteiger partial charge in [-0.25, -0.2) is 9.97 Å². The summed E-state index contributed by atoms with van der Waals surface area (Å²) in [5.41, 5.74) is -0.771. The maximum atomic E-state index is 12.7. The van der Waals surface area contributed by atoms with Crippen molar-refractivity contribution in [2.75, 3.05) is 31.1 Å². The van der Waals surface area contributed by atoms with Gasteiger partial charge < -0.3 is 14.9 Å². The van der Waals surface area contributed by atoms with E-state index in [1.807, 2.05) is 6.92 Å². The molecule has 0 unspecified atom stereocenters. The van der Waals surface area contributed by atoms with Gasteiger partial charge in [-0.15, -0.1) is 0 Å². The Morgan fingerprint density at radius 1 is 1.45 bits per heavy atom. The summed E-state index contributed by atoms with van der Waals surface area (Å²) in [6.07, 6.45) is 3.69. The second kappa shape index (κ2) is 6.79. The highest BCUT2D eigenvalue weighted by Crippen LogP contribution is 2.21. The highest BCUT2D eigenvalue weighted by molar-refractivity contribution is 6.33. The van der Waals surface area contributed by atoms with Crippen LogP contribution in [-0.4, -0.2) is 57.7 Å². The number of amides is 1. The minimum atomic E-state index is -0.969. The molecule has 122 valence electrons. The number of carbonyl (C=O) groups is 1. The summed E-state index contributed by atoms with van der Waals surface area (Å²) in [7, 11) is 0. The molecule has 1 aliphatic rings. The molecule has 2 rings (SSSR count). The largest absolute Gasteiger partial charge is 0.389 e. The van der Waals surface area contributed by atoms with Crippen LogP contribution >= 0.6 is 11.6 Å². The summed E-state index contributed by atoms with van der Waals surface area (Å²) in [6.45, 7) is 7.69. The fraction of sp³-hybridized carbons (Fsp3) is 0.667. The SMILES string of the molecule is CCN(CC(C)(C)O)C(=O)c1nc(N2CCCC2)ncc1Cl. The normalized spacial score (nSPS) is 15.2. The standard InChI is InChI=1S/C15H23ClN4O2/c1-4-19(10-15(2,3)22)13(21)12-11(16)9-17-14(18-12)20-7-5-6-8-20/h9,22H,4-8,10H2,1-3H3. The average molecular weight is 327 g/mol. The number of nitrogens with zero attached hydrogens (tertiary/aromatic N) is 4. The first-order valence-electron chi connectivity index (χ1n) is 7.61. The molecule has 2 heterocycles. The van der Waals surface area contributed by atoms with Gasteiger partial charge in [0.15, 0.2) is 5.69 Å². The summed E-state index contributed by atoms with van der Waals surface area (Å²) < 4.78 is 0. The molecule has 1 aromatic heterocycles. The summed E-state index contributed by atoms with van der Waals surface area (Å²) in [5.74, 6) is 0.266. The van der Waals surface area contributed by atoms with E-state index in [-0.39, 0.29) is 23.2 Å². The second-order valence-corrected chi connectivity index (χ2v) is 6.60. The van der Waals surface area contributed by atoms with Gasteiger partial charge in [0.1, 0.15) is 0 Å². The van der Waals surface area contributed by atoms with Crippen molar-refractivity contribution in [2.24, 2.45) is 0 Å². The molecule has 1 saturated heterocycles. The molecule has 0 aromatic carbocycles. The fourth-order valence-corrected chi connectivity index (χ4v) is 2.69. The van der Waals surface area contributed by atoms with Crippen LogP contribution in [0.2, 0.25) is 5.02 Å². The van der Waals surface area contributed by atoms with E-state index in [1.54, 1.807) is 18.7 Å². The van der Waals surface area contributed by atoms with Crippen LogP contribution in [0.3, 0.4) is 0 Å². The number of halogens is 1. The molecule has 0 saturated carbocycles. The Balaban J connectivity index is 2.25. The molecule has 0 atom stereocenters. The van der Waals surface area contributed by atoms with Gasteiger partial charge in [-0.3, -0.25) is 4.79 Å². The van der Waals surface area contributed by atoms with Gasteiger partial charge in [-0.2, -0.15) is 0 Å². The lowest BCUT2D eigenvalue weighted by atomic mass is 10.1. The number of aliphatic hydroxyl groups is 1. The van der Waals surface area contributed by atoms with Crippen molar-refractivity contribution in [3.63, 3.8) is 0 Å². The van der Waals surface area contributed by atoms with Crippen molar-refractivity contribution >= 4 is 23.5 Å². The predicted octanol–water partition coefficient (Wildman–Crippen LogP) is 1.96. The summed E-state index contributed by atoms with van der Waals surface area (Å²) in [4.78, 5) is 24.9. The van der Waals surface area contributed by atoms with Crippen molar-refractivity contribution in [1.29, 1.82) is 0 Å². The quantitative estimate of drug-likeness (QED) is 0.895. The van der Waals surface area contributed by atoms with Crippen LogP contribution < -0.4 is 4.90 Å². The summed E-state index contributed by atoms with van der Waals surface area (Å²) in [5, 5.41) is 10.2. The summed E-state index contributed by atoms with van der Waals surface area (Å²) in [6, 6.07) is 0. The number of aromatic nitrogens is 2. The van der Waals surface area contributed by atoms with Crippen molar-refractivity contribution in [2.45, 2.75) is 39.2 Å². The molecule has 0 spiro atoms. The van der Waals surface area contributed by atoms with E-state index in [0.29, 0.717) is 12.5 Å². The Hall–Kier alpha value is -1.40. The Morgan fingerprint density at radius 3 is 2.64 bits per heavy atom. The Kier molecular flexibility index (Phi) is 5.24. The minimum absolute atomic E-state index is 0.199. The molecule has 0 bridgehead atoms. The van der Waals surface area contributed by atoms with E-state index in [1.165, 1.54) is 6.20 Å². The van der Waals surface area contributed by atoms with Gasteiger partial charge in [-0.05, 0) is 33.6 Å².